The first-order valence-corrected chi connectivity index (χ1v) is 14.1. The molecule has 1 aliphatic carbocycles. The average molecular weight is 569 g/mol. The van der Waals surface area contributed by atoms with Crippen LogP contribution < -0.4 is 14.2 Å². The number of carbonyl (C=O) groups is 2. The molecule has 3 aromatic rings. The number of hydrazone groups is 1. The van der Waals surface area contributed by atoms with Crippen LogP contribution in [0, 0.1) is 19.8 Å². The first-order chi connectivity index (χ1) is 20.4. The Labute approximate surface area is 246 Å². The predicted octanol–water partition coefficient (Wildman–Crippen LogP) is 6.07. The first-order valence-electron chi connectivity index (χ1n) is 14.1. The summed E-state index contributed by atoms with van der Waals surface area (Å²) in [5.74, 6) is 1.16. The third-order valence-corrected chi connectivity index (χ3v) is 7.72. The highest BCUT2D eigenvalue weighted by atomic mass is 16.6. The van der Waals surface area contributed by atoms with Crippen LogP contribution >= 0.6 is 0 Å². The lowest BCUT2D eigenvalue weighted by atomic mass is 9.77. The van der Waals surface area contributed by atoms with Crippen LogP contribution in [0.5, 0.6) is 17.2 Å². The molecule has 8 heteroatoms. The number of amides is 1. The van der Waals surface area contributed by atoms with E-state index in [0.29, 0.717) is 5.75 Å². The lowest BCUT2D eigenvalue weighted by Gasteiger charge is -2.29. The minimum Gasteiger partial charge on any atom is -0.497 e. The second kappa shape index (κ2) is 12.9. The van der Waals surface area contributed by atoms with Gasteiger partial charge in [-0.05, 0) is 97.3 Å². The normalized spacial score (nSPS) is 18.7. The number of rotatable bonds is 9. The molecule has 1 amide bonds. The monoisotopic (exact) mass is 568 g/mol. The van der Waals surface area contributed by atoms with Gasteiger partial charge in [0.25, 0.3) is 5.91 Å². The Bertz CT molecular complexity index is 1490. The van der Waals surface area contributed by atoms with E-state index in [-0.39, 0.29) is 24.5 Å². The molecular formula is C34H36N2O6. The highest BCUT2D eigenvalue weighted by Gasteiger charge is 2.43. The van der Waals surface area contributed by atoms with Gasteiger partial charge < -0.3 is 18.9 Å². The van der Waals surface area contributed by atoms with E-state index in [1.54, 1.807) is 14.2 Å². The number of allylic oxidation sites excluding steroid dienone is 1. The molecule has 218 valence electrons. The molecule has 0 bridgehead atoms. The van der Waals surface area contributed by atoms with Crippen molar-refractivity contribution >= 4 is 23.7 Å². The van der Waals surface area contributed by atoms with Gasteiger partial charge in [0.1, 0.15) is 17.2 Å². The fourth-order valence-electron chi connectivity index (χ4n) is 5.49. The van der Waals surface area contributed by atoms with Gasteiger partial charge in [-0.3, -0.25) is 4.79 Å². The van der Waals surface area contributed by atoms with Crippen molar-refractivity contribution in [3.05, 3.63) is 94.6 Å². The maximum atomic E-state index is 13.6. The summed E-state index contributed by atoms with van der Waals surface area (Å²) in [6, 6.07) is 21.0. The van der Waals surface area contributed by atoms with Gasteiger partial charge in [0.2, 0.25) is 0 Å². The lowest BCUT2D eigenvalue weighted by Crippen LogP contribution is -2.35. The third kappa shape index (κ3) is 6.48. The van der Waals surface area contributed by atoms with Gasteiger partial charge in [-0.15, -0.1) is 0 Å². The summed E-state index contributed by atoms with van der Waals surface area (Å²) in [4.78, 5) is 26.1. The second-order valence-electron chi connectivity index (χ2n) is 10.6. The highest BCUT2D eigenvalue weighted by molar-refractivity contribution is 6.08. The summed E-state index contributed by atoms with van der Waals surface area (Å²) in [6.45, 7) is 3.15. The summed E-state index contributed by atoms with van der Waals surface area (Å²) in [5.41, 5.74) is 5.93. The van der Waals surface area contributed by atoms with E-state index in [2.05, 4.69) is 6.08 Å². The van der Waals surface area contributed by atoms with E-state index in [1.807, 2.05) is 80.6 Å². The smallest absolute Gasteiger partial charge is 0.344 e. The molecule has 1 saturated carbocycles. The van der Waals surface area contributed by atoms with Gasteiger partial charge in [0.15, 0.2) is 13.2 Å². The molecule has 0 radical (unpaired) electrons. The Morgan fingerprint density at radius 2 is 1.62 bits per heavy atom. The molecule has 0 aromatic heterocycles. The van der Waals surface area contributed by atoms with E-state index in [9.17, 15) is 9.59 Å². The fourth-order valence-corrected chi connectivity index (χ4v) is 5.49. The Morgan fingerprint density at radius 1 is 0.929 bits per heavy atom. The van der Waals surface area contributed by atoms with Crippen LogP contribution in [-0.2, 0) is 14.3 Å². The molecular weight excluding hydrogens is 532 g/mol. The molecule has 5 rings (SSSR count). The number of esters is 1. The van der Waals surface area contributed by atoms with Crippen LogP contribution in [0.3, 0.4) is 0 Å². The number of methoxy groups -OCH3 is 2. The summed E-state index contributed by atoms with van der Waals surface area (Å²) in [6.07, 6.45) is 4.87. The molecule has 0 saturated heterocycles. The quantitative estimate of drug-likeness (QED) is 0.292. The van der Waals surface area contributed by atoms with E-state index in [1.165, 1.54) is 5.01 Å². The summed E-state index contributed by atoms with van der Waals surface area (Å²) in [5, 5.41) is 6.36. The van der Waals surface area contributed by atoms with Gasteiger partial charge in [-0.2, -0.15) is 5.10 Å². The SMILES string of the molecule is COc1ccc(C=C2CCCC3C2=NN(C(=O)COC(=O)COc2cc(C)ccc2C)C3c2ccc(OC)cc2)cc1. The molecule has 1 fully saturated rings. The van der Waals surface area contributed by atoms with Crippen molar-refractivity contribution < 1.29 is 28.5 Å². The van der Waals surface area contributed by atoms with E-state index < -0.39 is 12.6 Å². The Balaban J connectivity index is 1.35. The van der Waals surface area contributed by atoms with E-state index in [0.717, 1.165) is 64.3 Å². The van der Waals surface area contributed by atoms with Gasteiger partial charge in [-0.25, -0.2) is 9.80 Å². The van der Waals surface area contributed by atoms with Crippen LogP contribution in [0.25, 0.3) is 6.08 Å². The number of benzene rings is 3. The molecule has 2 aliphatic rings. The van der Waals surface area contributed by atoms with Crippen molar-refractivity contribution in [2.24, 2.45) is 11.0 Å². The minimum atomic E-state index is -0.616. The zero-order valence-corrected chi connectivity index (χ0v) is 24.5. The summed E-state index contributed by atoms with van der Waals surface area (Å²) >= 11 is 0. The molecule has 2 unspecified atom stereocenters. The zero-order valence-electron chi connectivity index (χ0n) is 24.5. The number of fused-ring (bicyclic) bond motifs is 1. The Kier molecular flexibility index (Phi) is 8.91. The zero-order chi connectivity index (χ0) is 29.6. The molecule has 0 N–H and O–H groups in total. The van der Waals surface area contributed by atoms with Gasteiger partial charge in [0.05, 0.1) is 26.0 Å². The van der Waals surface area contributed by atoms with Crippen molar-refractivity contribution in [3.63, 3.8) is 0 Å². The number of carbonyl (C=O) groups excluding carboxylic acids is 2. The lowest BCUT2D eigenvalue weighted by molar-refractivity contribution is -0.154. The van der Waals surface area contributed by atoms with Crippen molar-refractivity contribution in [2.45, 2.75) is 39.2 Å². The largest absolute Gasteiger partial charge is 0.497 e. The Hall–Kier alpha value is -4.59. The number of hydrogen-bond acceptors (Lipinski definition) is 7. The molecule has 0 spiro atoms. The second-order valence-corrected chi connectivity index (χ2v) is 10.6. The first kappa shape index (κ1) is 28.9. The highest BCUT2D eigenvalue weighted by Crippen LogP contribution is 2.44. The van der Waals surface area contributed by atoms with Crippen LogP contribution in [0.15, 0.2) is 77.4 Å². The Morgan fingerprint density at radius 3 is 2.31 bits per heavy atom. The van der Waals surface area contributed by atoms with Gasteiger partial charge >= 0.3 is 5.97 Å². The molecule has 2 atom stereocenters. The molecule has 1 heterocycles. The maximum absolute atomic E-state index is 13.6. The van der Waals surface area contributed by atoms with Gasteiger partial charge in [0, 0.05) is 5.92 Å². The third-order valence-electron chi connectivity index (χ3n) is 7.72. The standard InChI is InChI=1S/C34H36N2O6/c1-22-8-9-23(2)30(18-22)41-21-32(38)42-20-31(37)36-34(25-12-16-28(40-4)17-13-25)29-7-5-6-26(33(29)35-36)19-24-10-14-27(39-3)15-11-24/h8-19,29,34H,5-7,20-21H2,1-4H3. The average Bonchev–Trinajstić information content (AvgIpc) is 3.41. The van der Waals surface area contributed by atoms with Crippen LogP contribution in [0.1, 0.15) is 47.6 Å². The van der Waals surface area contributed by atoms with E-state index >= 15 is 0 Å². The molecule has 42 heavy (non-hydrogen) atoms. The number of ether oxygens (including phenoxy) is 4. The maximum Gasteiger partial charge on any atom is 0.344 e. The molecule has 1 aliphatic heterocycles. The topological polar surface area (TPSA) is 86.7 Å². The van der Waals surface area contributed by atoms with Gasteiger partial charge in [-0.1, -0.05) is 36.4 Å². The molecule has 8 nitrogen and oxygen atoms in total. The van der Waals surface area contributed by atoms with Crippen molar-refractivity contribution in [2.75, 3.05) is 27.4 Å². The van der Waals surface area contributed by atoms with Crippen LogP contribution in [0.4, 0.5) is 0 Å². The van der Waals surface area contributed by atoms with Crippen LogP contribution in [0.2, 0.25) is 0 Å². The van der Waals surface area contributed by atoms with Crippen LogP contribution in [-0.4, -0.2) is 50.0 Å². The minimum absolute atomic E-state index is 0.0175. The predicted molar refractivity (Wildman–Crippen MR) is 161 cm³/mol. The fraction of sp³-hybridized carbons (Fsp3) is 0.324. The summed E-state index contributed by atoms with van der Waals surface area (Å²) < 4.78 is 21.7. The van der Waals surface area contributed by atoms with Crippen molar-refractivity contribution in [1.29, 1.82) is 0 Å². The summed E-state index contributed by atoms with van der Waals surface area (Å²) in [7, 11) is 3.27. The van der Waals surface area contributed by atoms with Crippen molar-refractivity contribution in [1.82, 2.24) is 5.01 Å². The molecule has 3 aromatic carbocycles. The number of nitrogens with zero attached hydrogens (tertiary/aromatic N) is 2. The van der Waals surface area contributed by atoms with E-state index in [4.69, 9.17) is 24.0 Å². The number of aryl methyl sites for hydroxylation is 2. The van der Waals surface area contributed by atoms with Crippen molar-refractivity contribution in [3.8, 4) is 17.2 Å². The number of hydrogen-bond donors (Lipinski definition) is 0.